The minimum Gasteiger partial charge on any atom is -0.462 e. The third-order valence-corrected chi connectivity index (χ3v) is 4.06. The maximum Gasteiger partial charge on any atom is 0.129 e. The topological polar surface area (TPSA) is 34.4 Å². The second-order valence-electron chi connectivity index (χ2n) is 5.59. The molecule has 3 nitrogen and oxygen atoms in total. The van der Waals surface area contributed by atoms with Gasteiger partial charge in [-0.25, -0.2) is 0 Å². The molecule has 1 aromatic rings. The van der Waals surface area contributed by atoms with Crippen molar-refractivity contribution in [3.8, 4) is 0 Å². The third-order valence-electron chi connectivity index (χ3n) is 4.06. The van der Waals surface area contributed by atoms with Gasteiger partial charge in [0.15, 0.2) is 0 Å². The Morgan fingerprint density at radius 1 is 1.32 bits per heavy atom. The van der Waals surface area contributed by atoms with Crippen molar-refractivity contribution in [1.29, 1.82) is 0 Å². The van der Waals surface area contributed by atoms with Gasteiger partial charge in [0, 0.05) is 7.11 Å². The monoisotopic (exact) mass is 265 g/mol. The summed E-state index contributed by atoms with van der Waals surface area (Å²) in [6.07, 6.45) is 8.18. The number of rotatable bonds is 7. The van der Waals surface area contributed by atoms with Gasteiger partial charge in [-0.2, -0.15) is 0 Å². The molecule has 0 amide bonds. The molecule has 0 spiro atoms. The molecule has 1 atom stereocenters. The fourth-order valence-electron chi connectivity index (χ4n) is 3.10. The van der Waals surface area contributed by atoms with Gasteiger partial charge in [-0.1, -0.05) is 39.0 Å². The fourth-order valence-corrected chi connectivity index (χ4v) is 3.10. The lowest BCUT2D eigenvalue weighted by Gasteiger charge is -2.26. The summed E-state index contributed by atoms with van der Waals surface area (Å²) in [4.78, 5) is 0. The smallest absolute Gasteiger partial charge is 0.129 e. The number of hydrogen-bond acceptors (Lipinski definition) is 3. The molecule has 0 radical (unpaired) electrons. The zero-order chi connectivity index (χ0) is 13.5. The lowest BCUT2D eigenvalue weighted by atomic mass is 9.84. The third kappa shape index (κ3) is 4.36. The molecule has 1 unspecified atom stereocenters. The van der Waals surface area contributed by atoms with E-state index in [4.69, 9.17) is 9.15 Å². The Hall–Kier alpha value is -0.800. The molecule has 0 bridgehead atoms. The van der Waals surface area contributed by atoms with E-state index in [1.807, 2.05) is 6.07 Å². The van der Waals surface area contributed by atoms with Crippen LogP contribution in [-0.2, 0) is 11.3 Å². The van der Waals surface area contributed by atoms with Crippen molar-refractivity contribution in [3.05, 3.63) is 23.7 Å². The first-order valence-corrected chi connectivity index (χ1v) is 7.64. The van der Waals surface area contributed by atoms with Crippen LogP contribution in [0, 0.1) is 5.92 Å². The van der Waals surface area contributed by atoms with Crippen LogP contribution >= 0.6 is 0 Å². The second kappa shape index (κ2) is 7.71. The van der Waals surface area contributed by atoms with Gasteiger partial charge in [-0.3, -0.25) is 0 Å². The lowest BCUT2D eigenvalue weighted by molar-refractivity contribution is 0.160. The zero-order valence-corrected chi connectivity index (χ0v) is 12.3. The van der Waals surface area contributed by atoms with E-state index in [0.717, 1.165) is 24.0 Å². The molecular weight excluding hydrogens is 238 g/mol. The van der Waals surface area contributed by atoms with Crippen LogP contribution in [0.25, 0.3) is 0 Å². The first-order valence-electron chi connectivity index (χ1n) is 7.64. The van der Waals surface area contributed by atoms with E-state index in [0.29, 0.717) is 12.6 Å². The van der Waals surface area contributed by atoms with Crippen LogP contribution in [0.2, 0.25) is 0 Å². The highest BCUT2D eigenvalue weighted by molar-refractivity contribution is 5.10. The van der Waals surface area contributed by atoms with E-state index in [9.17, 15) is 0 Å². The summed E-state index contributed by atoms with van der Waals surface area (Å²) in [5, 5.41) is 3.57. The maximum absolute atomic E-state index is 5.89. The summed E-state index contributed by atoms with van der Waals surface area (Å²) in [6, 6.07) is 4.49. The second-order valence-corrected chi connectivity index (χ2v) is 5.59. The van der Waals surface area contributed by atoms with E-state index < -0.39 is 0 Å². The van der Waals surface area contributed by atoms with Crippen molar-refractivity contribution < 1.29 is 9.15 Å². The number of furan rings is 1. The van der Waals surface area contributed by atoms with Crippen molar-refractivity contribution >= 4 is 0 Å². The first kappa shape index (κ1) is 14.6. The summed E-state index contributed by atoms with van der Waals surface area (Å²) in [5.74, 6) is 2.84. The molecule has 1 aliphatic rings. The zero-order valence-electron chi connectivity index (χ0n) is 12.3. The van der Waals surface area contributed by atoms with E-state index in [-0.39, 0.29) is 0 Å². The Balaban J connectivity index is 1.96. The minimum absolute atomic E-state index is 0.360. The number of nitrogens with one attached hydrogen (secondary N) is 1. The molecule has 0 aliphatic heterocycles. The van der Waals surface area contributed by atoms with Gasteiger partial charge >= 0.3 is 0 Å². The summed E-state index contributed by atoms with van der Waals surface area (Å²) in [7, 11) is 1.70. The molecule has 0 aromatic carbocycles. The van der Waals surface area contributed by atoms with E-state index in [1.165, 1.54) is 38.5 Å². The average Bonchev–Trinajstić information content (AvgIpc) is 2.88. The van der Waals surface area contributed by atoms with Gasteiger partial charge in [0.05, 0.1) is 6.04 Å². The van der Waals surface area contributed by atoms with Gasteiger partial charge in [0.25, 0.3) is 0 Å². The molecule has 3 heteroatoms. The molecule has 2 rings (SSSR count). The van der Waals surface area contributed by atoms with Crippen molar-refractivity contribution in [3.63, 3.8) is 0 Å². The quantitative estimate of drug-likeness (QED) is 0.807. The molecule has 1 aromatic heterocycles. The summed E-state index contributed by atoms with van der Waals surface area (Å²) in [5.41, 5.74) is 0. The molecule has 0 saturated heterocycles. The Morgan fingerprint density at radius 2 is 2.11 bits per heavy atom. The highest BCUT2D eigenvalue weighted by Crippen LogP contribution is 2.32. The number of methoxy groups -OCH3 is 1. The first-order chi connectivity index (χ1) is 9.33. The molecule has 1 aliphatic carbocycles. The molecule has 19 heavy (non-hydrogen) atoms. The molecule has 1 heterocycles. The highest BCUT2D eigenvalue weighted by Gasteiger charge is 2.21. The molecule has 1 N–H and O–H groups in total. The number of ether oxygens (including phenoxy) is 1. The highest BCUT2D eigenvalue weighted by atomic mass is 16.5. The van der Waals surface area contributed by atoms with E-state index >= 15 is 0 Å². The van der Waals surface area contributed by atoms with E-state index in [2.05, 4.69) is 18.3 Å². The minimum atomic E-state index is 0.360. The predicted octanol–water partition coefficient (Wildman–Crippen LogP) is 4.05. The fraction of sp³-hybridized carbons (Fsp3) is 0.750. The largest absolute Gasteiger partial charge is 0.462 e. The van der Waals surface area contributed by atoms with Crippen molar-refractivity contribution in [2.75, 3.05) is 13.7 Å². The van der Waals surface area contributed by atoms with Gasteiger partial charge in [-0.15, -0.1) is 0 Å². The van der Waals surface area contributed by atoms with Gasteiger partial charge in [0.1, 0.15) is 18.1 Å². The van der Waals surface area contributed by atoms with E-state index in [1.54, 1.807) is 7.11 Å². The van der Waals surface area contributed by atoms with Crippen LogP contribution < -0.4 is 5.32 Å². The van der Waals surface area contributed by atoms with Crippen LogP contribution in [0.3, 0.4) is 0 Å². The lowest BCUT2D eigenvalue weighted by Crippen LogP contribution is -2.24. The van der Waals surface area contributed by atoms with Crippen LogP contribution in [0.5, 0.6) is 0 Å². The average molecular weight is 265 g/mol. The maximum atomic E-state index is 5.89. The van der Waals surface area contributed by atoms with Gasteiger partial charge < -0.3 is 14.5 Å². The molecule has 1 saturated carbocycles. The number of hydrogen-bond donors (Lipinski definition) is 1. The Morgan fingerprint density at radius 3 is 2.79 bits per heavy atom. The van der Waals surface area contributed by atoms with Crippen molar-refractivity contribution in [2.24, 2.45) is 5.92 Å². The van der Waals surface area contributed by atoms with Crippen LogP contribution in [0.15, 0.2) is 16.5 Å². The molecular formula is C16H27NO2. The van der Waals surface area contributed by atoms with Crippen molar-refractivity contribution in [1.82, 2.24) is 5.32 Å². The Labute approximate surface area is 116 Å². The SMILES string of the molecule is CCNC(CC1CCCCC1)c1ccc(COC)o1. The van der Waals surface area contributed by atoms with Crippen LogP contribution in [0.1, 0.15) is 63.0 Å². The summed E-state index contributed by atoms with van der Waals surface area (Å²) in [6.45, 7) is 3.70. The summed E-state index contributed by atoms with van der Waals surface area (Å²) >= 11 is 0. The standard InChI is InChI=1S/C16H27NO2/c1-3-17-15(11-13-7-5-4-6-8-13)16-10-9-14(19-16)12-18-2/h9-10,13,15,17H,3-8,11-12H2,1-2H3. The Kier molecular flexibility index (Phi) is 5.93. The van der Waals surface area contributed by atoms with Crippen LogP contribution in [0.4, 0.5) is 0 Å². The van der Waals surface area contributed by atoms with Crippen LogP contribution in [-0.4, -0.2) is 13.7 Å². The van der Waals surface area contributed by atoms with Crippen molar-refractivity contribution in [2.45, 2.75) is 58.1 Å². The van der Waals surface area contributed by atoms with Gasteiger partial charge in [0.2, 0.25) is 0 Å². The molecule has 1 fully saturated rings. The summed E-state index contributed by atoms with van der Waals surface area (Å²) < 4.78 is 11.0. The molecule has 108 valence electrons. The normalized spacial score (nSPS) is 18.6. The Bertz CT molecular complexity index is 355. The predicted molar refractivity (Wildman–Crippen MR) is 77.0 cm³/mol. The van der Waals surface area contributed by atoms with Gasteiger partial charge in [-0.05, 0) is 31.0 Å².